The van der Waals surface area contributed by atoms with E-state index in [-0.39, 0.29) is 0 Å². The summed E-state index contributed by atoms with van der Waals surface area (Å²) in [5.41, 5.74) is 10.7. The van der Waals surface area contributed by atoms with Gasteiger partial charge in [0, 0.05) is 38.2 Å². The molecule has 9 aromatic rings. The predicted molar refractivity (Wildman–Crippen MR) is 200 cm³/mol. The summed E-state index contributed by atoms with van der Waals surface area (Å²) in [5.74, 6) is 0. The van der Waals surface area contributed by atoms with Crippen LogP contribution in [0.25, 0.3) is 77.2 Å². The monoisotopic (exact) mass is 635 g/mol. The third kappa shape index (κ3) is 4.24. The summed E-state index contributed by atoms with van der Waals surface area (Å²) >= 11 is 0. The molecule has 5 heteroatoms. The summed E-state index contributed by atoms with van der Waals surface area (Å²) in [6.07, 6.45) is 0. The molecular formula is C45H25N5. The number of nitrogens with zero attached hydrogens (tertiary/aromatic N) is 5. The number of para-hydroxylation sites is 4. The van der Waals surface area contributed by atoms with E-state index in [9.17, 15) is 15.8 Å². The van der Waals surface area contributed by atoms with Crippen LogP contribution in [0.5, 0.6) is 0 Å². The number of nitriles is 3. The van der Waals surface area contributed by atoms with Crippen LogP contribution in [0.2, 0.25) is 0 Å². The highest BCUT2D eigenvalue weighted by Gasteiger charge is 2.20. The van der Waals surface area contributed by atoms with Gasteiger partial charge in [-0.1, -0.05) is 97.1 Å². The van der Waals surface area contributed by atoms with E-state index in [2.05, 4.69) is 88.0 Å². The predicted octanol–water partition coefficient (Wildman–Crippen LogP) is 10.8. The Hall–Kier alpha value is -7.39. The molecule has 0 aliphatic heterocycles. The van der Waals surface area contributed by atoms with Crippen molar-refractivity contribution in [3.63, 3.8) is 0 Å². The van der Waals surface area contributed by atoms with Gasteiger partial charge in [-0.25, -0.2) is 0 Å². The fourth-order valence-corrected chi connectivity index (χ4v) is 7.51. The Morgan fingerprint density at radius 3 is 1.60 bits per heavy atom. The zero-order valence-electron chi connectivity index (χ0n) is 26.7. The molecule has 0 radical (unpaired) electrons. The van der Waals surface area contributed by atoms with Gasteiger partial charge in [0.1, 0.15) is 12.1 Å². The first kappa shape index (κ1) is 28.8. The Labute approximate surface area is 287 Å². The second-order valence-electron chi connectivity index (χ2n) is 12.3. The maximum absolute atomic E-state index is 10.7. The third-order valence-electron chi connectivity index (χ3n) is 9.66. The standard InChI is InChI=1S/C45H25N5/c46-26-29-20-22-45-38(24-29)37-13-4-8-19-44(37)49(45)40-23-21-30(25-31(40)27-47)32-14-9-15-33(39(32)28-48)34-10-1-5-16-41(34)50-42-17-6-2-11-35(42)36-12-3-7-18-43(36)50/h1-25H. The van der Waals surface area contributed by atoms with E-state index in [1.807, 2.05) is 84.9 Å². The molecular weight excluding hydrogens is 611 g/mol. The molecule has 0 saturated heterocycles. The van der Waals surface area contributed by atoms with Gasteiger partial charge >= 0.3 is 0 Å². The topological polar surface area (TPSA) is 81.2 Å². The Balaban J connectivity index is 1.23. The molecule has 50 heavy (non-hydrogen) atoms. The van der Waals surface area contributed by atoms with Crippen molar-refractivity contribution in [2.75, 3.05) is 0 Å². The van der Waals surface area contributed by atoms with Gasteiger partial charge in [0.2, 0.25) is 0 Å². The number of benzene rings is 7. The molecule has 0 aliphatic carbocycles. The fourth-order valence-electron chi connectivity index (χ4n) is 7.51. The van der Waals surface area contributed by atoms with Crippen molar-refractivity contribution >= 4 is 43.6 Å². The zero-order chi connectivity index (χ0) is 33.8. The maximum Gasteiger partial charge on any atom is 0.101 e. The second-order valence-corrected chi connectivity index (χ2v) is 12.3. The average Bonchev–Trinajstić information content (AvgIpc) is 3.69. The molecule has 0 saturated carbocycles. The Bertz CT molecular complexity index is 2920. The van der Waals surface area contributed by atoms with Crippen LogP contribution in [-0.2, 0) is 0 Å². The van der Waals surface area contributed by atoms with Crippen LogP contribution in [0.3, 0.4) is 0 Å². The zero-order valence-corrected chi connectivity index (χ0v) is 26.7. The second kappa shape index (κ2) is 11.4. The molecule has 2 heterocycles. The molecule has 2 aromatic heterocycles. The molecule has 230 valence electrons. The summed E-state index contributed by atoms with van der Waals surface area (Å²) < 4.78 is 4.36. The van der Waals surface area contributed by atoms with E-state index in [0.717, 1.165) is 66.5 Å². The van der Waals surface area contributed by atoms with Gasteiger partial charge in [0.15, 0.2) is 0 Å². The molecule has 0 bridgehead atoms. The van der Waals surface area contributed by atoms with Crippen molar-refractivity contribution in [2.45, 2.75) is 0 Å². The van der Waals surface area contributed by atoms with Gasteiger partial charge in [-0.15, -0.1) is 0 Å². The first-order valence-corrected chi connectivity index (χ1v) is 16.3. The first-order valence-electron chi connectivity index (χ1n) is 16.3. The smallest absolute Gasteiger partial charge is 0.101 e. The van der Waals surface area contributed by atoms with Gasteiger partial charge in [-0.05, 0) is 60.2 Å². The lowest BCUT2D eigenvalue weighted by molar-refractivity contribution is 1.17. The van der Waals surface area contributed by atoms with E-state index in [0.29, 0.717) is 16.7 Å². The SMILES string of the molecule is N#Cc1ccc2c(c1)c1ccccc1n2-c1ccc(-c2cccc(-c3ccccc3-n3c4ccccc4c4ccccc43)c2C#N)cc1C#N. The number of aromatic nitrogens is 2. The van der Waals surface area contributed by atoms with E-state index < -0.39 is 0 Å². The highest BCUT2D eigenvalue weighted by atomic mass is 15.0. The van der Waals surface area contributed by atoms with Crippen LogP contribution >= 0.6 is 0 Å². The minimum absolute atomic E-state index is 0.481. The lowest BCUT2D eigenvalue weighted by Crippen LogP contribution is -2.00. The van der Waals surface area contributed by atoms with E-state index >= 15 is 0 Å². The minimum atomic E-state index is 0.481. The van der Waals surface area contributed by atoms with Crippen LogP contribution in [0.4, 0.5) is 0 Å². The van der Waals surface area contributed by atoms with Crippen molar-refractivity contribution in [1.82, 2.24) is 9.13 Å². The van der Waals surface area contributed by atoms with Gasteiger partial charge < -0.3 is 9.13 Å². The minimum Gasteiger partial charge on any atom is -0.309 e. The van der Waals surface area contributed by atoms with Crippen LogP contribution in [0.1, 0.15) is 16.7 Å². The van der Waals surface area contributed by atoms with Crippen molar-refractivity contribution in [3.05, 3.63) is 168 Å². The normalized spacial score (nSPS) is 11.1. The molecule has 0 spiro atoms. The third-order valence-corrected chi connectivity index (χ3v) is 9.66. The lowest BCUT2D eigenvalue weighted by atomic mass is 9.91. The van der Waals surface area contributed by atoms with E-state index in [1.54, 1.807) is 6.07 Å². The van der Waals surface area contributed by atoms with Crippen molar-refractivity contribution < 1.29 is 0 Å². The van der Waals surface area contributed by atoms with Crippen LogP contribution in [-0.4, -0.2) is 9.13 Å². The molecule has 0 fully saturated rings. The fraction of sp³-hybridized carbons (Fsp3) is 0. The van der Waals surface area contributed by atoms with Gasteiger partial charge in [0.25, 0.3) is 0 Å². The molecule has 0 N–H and O–H groups in total. The molecule has 7 aromatic carbocycles. The summed E-state index contributed by atoms with van der Waals surface area (Å²) in [4.78, 5) is 0. The van der Waals surface area contributed by atoms with Crippen LogP contribution in [0, 0.1) is 34.0 Å². The van der Waals surface area contributed by atoms with Crippen molar-refractivity contribution in [3.8, 4) is 51.8 Å². The summed E-state index contributed by atoms with van der Waals surface area (Å²) in [6, 6.07) is 57.7. The Morgan fingerprint density at radius 2 is 0.940 bits per heavy atom. The first-order chi connectivity index (χ1) is 24.7. The van der Waals surface area contributed by atoms with Gasteiger partial charge in [-0.2, -0.15) is 15.8 Å². The highest BCUT2D eigenvalue weighted by molar-refractivity contribution is 6.11. The molecule has 9 rings (SSSR count). The number of fused-ring (bicyclic) bond motifs is 6. The van der Waals surface area contributed by atoms with Gasteiger partial charge in [0.05, 0.1) is 56.2 Å². The summed E-state index contributed by atoms with van der Waals surface area (Å²) in [5, 5.41) is 35.1. The Kier molecular flexibility index (Phi) is 6.56. The van der Waals surface area contributed by atoms with E-state index in [4.69, 9.17) is 0 Å². The lowest BCUT2D eigenvalue weighted by Gasteiger charge is -2.17. The quantitative estimate of drug-likeness (QED) is 0.193. The van der Waals surface area contributed by atoms with Gasteiger partial charge in [-0.3, -0.25) is 0 Å². The summed E-state index contributed by atoms with van der Waals surface area (Å²) in [7, 11) is 0. The Morgan fingerprint density at radius 1 is 0.380 bits per heavy atom. The highest BCUT2D eigenvalue weighted by Crippen LogP contribution is 2.40. The largest absolute Gasteiger partial charge is 0.309 e. The number of hydrogen-bond acceptors (Lipinski definition) is 3. The van der Waals surface area contributed by atoms with Crippen LogP contribution in [0.15, 0.2) is 152 Å². The van der Waals surface area contributed by atoms with Crippen LogP contribution < -0.4 is 0 Å². The molecule has 0 aliphatic rings. The van der Waals surface area contributed by atoms with Crippen molar-refractivity contribution in [2.24, 2.45) is 0 Å². The molecule has 0 unspecified atom stereocenters. The molecule has 5 nitrogen and oxygen atoms in total. The number of hydrogen-bond donors (Lipinski definition) is 0. The average molecular weight is 636 g/mol. The molecule has 0 amide bonds. The molecule has 0 atom stereocenters. The summed E-state index contributed by atoms with van der Waals surface area (Å²) in [6.45, 7) is 0. The maximum atomic E-state index is 10.7. The number of rotatable bonds is 4. The van der Waals surface area contributed by atoms with E-state index in [1.165, 1.54) is 10.8 Å². The van der Waals surface area contributed by atoms with Crippen molar-refractivity contribution in [1.29, 1.82) is 15.8 Å².